The van der Waals surface area contributed by atoms with Gasteiger partial charge in [-0.1, -0.05) is 0 Å². The highest BCUT2D eigenvalue weighted by Gasteiger charge is 2.80. The SMILES string of the molecule is NS(=O)(=O)N1CCC2(CC1)C(COc1ccnc(OCC(F)(F)F)c1)C2(F)F. The highest BCUT2D eigenvalue weighted by molar-refractivity contribution is 7.86. The van der Waals surface area contributed by atoms with Crippen molar-refractivity contribution in [1.29, 1.82) is 0 Å². The van der Waals surface area contributed by atoms with Gasteiger partial charge in [0.15, 0.2) is 6.61 Å². The number of pyridine rings is 1. The molecule has 1 aliphatic carbocycles. The van der Waals surface area contributed by atoms with Gasteiger partial charge in [0.2, 0.25) is 5.88 Å². The number of halogens is 5. The number of rotatable bonds is 6. The van der Waals surface area contributed by atoms with Crippen LogP contribution in [0.2, 0.25) is 0 Å². The van der Waals surface area contributed by atoms with Gasteiger partial charge in [-0.05, 0) is 18.9 Å². The summed E-state index contributed by atoms with van der Waals surface area (Å²) < 4.78 is 98.6. The topological polar surface area (TPSA) is 94.8 Å². The molecule has 1 unspecified atom stereocenters. The minimum absolute atomic E-state index is 0.0481. The maximum absolute atomic E-state index is 14.4. The molecule has 2 heterocycles. The fourth-order valence-corrected chi connectivity index (χ4v) is 4.26. The van der Waals surface area contributed by atoms with Gasteiger partial charge in [0.25, 0.3) is 16.1 Å². The van der Waals surface area contributed by atoms with E-state index in [0.717, 1.165) is 16.6 Å². The van der Waals surface area contributed by atoms with Crippen LogP contribution < -0.4 is 14.6 Å². The van der Waals surface area contributed by atoms with Crippen molar-refractivity contribution >= 4 is 10.2 Å². The summed E-state index contributed by atoms with van der Waals surface area (Å²) in [6, 6.07) is 2.40. The van der Waals surface area contributed by atoms with Crippen molar-refractivity contribution in [3.63, 3.8) is 0 Å². The lowest BCUT2D eigenvalue weighted by Crippen LogP contribution is -2.44. The summed E-state index contributed by atoms with van der Waals surface area (Å²) in [6.45, 7) is -2.11. The summed E-state index contributed by atoms with van der Waals surface area (Å²) in [7, 11) is -3.92. The molecule has 0 amide bonds. The number of nitrogens with two attached hydrogens (primary N) is 1. The molecule has 1 aromatic heterocycles. The van der Waals surface area contributed by atoms with Crippen LogP contribution in [0.1, 0.15) is 12.8 Å². The van der Waals surface area contributed by atoms with Crippen LogP contribution >= 0.6 is 0 Å². The van der Waals surface area contributed by atoms with Gasteiger partial charge in [-0.25, -0.2) is 18.9 Å². The van der Waals surface area contributed by atoms with E-state index in [2.05, 4.69) is 9.72 Å². The number of alkyl halides is 5. The predicted molar refractivity (Wildman–Crippen MR) is 86.1 cm³/mol. The van der Waals surface area contributed by atoms with E-state index in [9.17, 15) is 30.4 Å². The molecule has 1 spiro atoms. The molecule has 0 aromatic carbocycles. The Kier molecular flexibility index (Phi) is 5.21. The fourth-order valence-electron chi connectivity index (χ4n) is 3.57. The van der Waals surface area contributed by atoms with Crippen LogP contribution in [0.5, 0.6) is 11.6 Å². The van der Waals surface area contributed by atoms with E-state index < -0.39 is 40.2 Å². The molecule has 28 heavy (non-hydrogen) atoms. The molecule has 7 nitrogen and oxygen atoms in total. The number of nitrogens with zero attached hydrogens (tertiary/aromatic N) is 2. The number of aromatic nitrogens is 1. The van der Waals surface area contributed by atoms with Crippen molar-refractivity contribution < 1.29 is 39.8 Å². The zero-order valence-electron chi connectivity index (χ0n) is 14.5. The average molecular weight is 431 g/mol. The monoisotopic (exact) mass is 431 g/mol. The van der Waals surface area contributed by atoms with Crippen LogP contribution in [-0.4, -0.2) is 56.1 Å². The van der Waals surface area contributed by atoms with E-state index in [1.807, 2.05) is 0 Å². The molecule has 2 aliphatic rings. The quantitative estimate of drug-likeness (QED) is 0.695. The lowest BCUT2D eigenvalue weighted by atomic mass is 9.91. The van der Waals surface area contributed by atoms with Crippen molar-refractivity contribution in [3.8, 4) is 11.6 Å². The molecule has 1 saturated carbocycles. The molecule has 2 N–H and O–H groups in total. The third-order valence-electron chi connectivity index (χ3n) is 5.17. The average Bonchev–Trinajstić information content (AvgIpc) is 3.03. The Labute approximate surface area is 157 Å². The van der Waals surface area contributed by atoms with E-state index in [-0.39, 0.29) is 44.2 Å². The zero-order valence-corrected chi connectivity index (χ0v) is 15.3. The summed E-state index contributed by atoms with van der Waals surface area (Å²) in [5, 5.41) is 5.02. The second-order valence-electron chi connectivity index (χ2n) is 6.82. The third-order valence-corrected chi connectivity index (χ3v) is 6.25. The van der Waals surface area contributed by atoms with Gasteiger partial charge in [0.1, 0.15) is 5.75 Å². The Hall–Kier alpha value is -1.73. The smallest absolute Gasteiger partial charge is 0.422 e. The normalized spacial score (nSPS) is 24.1. The summed E-state index contributed by atoms with van der Waals surface area (Å²) >= 11 is 0. The van der Waals surface area contributed by atoms with Gasteiger partial charge < -0.3 is 9.47 Å². The molecule has 2 fully saturated rings. The van der Waals surface area contributed by atoms with E-state index in [4.69, 9.17) is 9.88 Å². The van der Waals surface area contributed by atoms with Gasteiger partial charge in [-0.3, -0.25) is 0 Å². The van der Waals surface area contributed by atoms with Gasteiger partial charge >= 0.3 is 6.18 Å². The first-order valence-corrected chi connectivity index (χ1v) is 9.80. The Balaban J connectivity index is 1.58. The first-order valence-electron chi connectivity index (χ1n) is 8.29. The standard InChI is InChI=1S/C15H18F5N3O4S/c16-14(17,18)9-27-12-7-10(1-4-22-12)26-8-11-13(15(11,19)20)2-5-23(6-3-13)28(21,24)25/h1,4,7,11H,2-3,5-6,8-9H2,(H2,21,24,25). The van der Waals surface area contributed by atoms with Crippen LogP contribution in [0, 0.1) is 11.3 Å². The number of hydrogen-bond acceptors (Lipinski definition) is 5. The molecule has 1 aliphatic heterocycles. The number of hydrogen-bond donors (Lipinski definition) is 1. The van der Waals surface area contributed by atoms with Crippen molar-refractivity contribution in [2.45, 2.75) is 24.9 Å². The third kappa shape index (κ3) is 4.15. The molecule has 0 radical (unpaired) electrons. The van der Waals surface area contributed by atoms with Crippen LogP contribution in [0.15, 0.2) is 18.3 Å². The van der Waals surface area contributed by atoms with Crippen LogP contribution in [0.3, 0.4) is 0 Å². The lowest BCUT2D eigenvalue weighted by Gasteiger charge is -2.30. The maximum atomic E-state index is 14.4. The molecule has 1 atom stereocenters. The molecule has 0 bridgehead atoms. The number of ether oxygens (including phenoxy) is 2. The number of piperidine rings is 1. The molecule has 1 aromatic rings. The Morgan fingerprint density at radius 1 is 1.25 bits per heavy atom. The molecule has 158 valence electrons. The Morgan fingerprint density at radius 2 is 1.89 bits per heavy atom. The summed E-state index contributed by atoms with van der Waals surface area (Å²) in [6.07, 6.45) is -3.50. The minimum atomic E-state index is -4.53. The van der Waals surface area contributed by atoms with Gasteiger partial charge in [-0.15, -0.1) is 0 Å². The second kappa shape index (κ2) is 6.95. The molecular formula is C15H18F5N3O4S. The first kappa shape index (κ1) is 21.0. The Bertz CT molecular complexity index is 825. The van der Waals surface area contributed by atoms with E-state index in [1.165, 1.54) is 6.07 Å². The predicted octanol–water partition coefficient (Wildman–Crippen LogP) is 1.95. The van der Waals surface area contributed by atoms with Gasteiger partial charge in [0.05, 0.1) is 12.5 Å². The van der Waals surface area contributed by atoms with Crippen LogP contribution in [0.4, 0.5) is 22.0 Å². The van der Waals surface area contributed by atoms with Crippen molar-refractivity contribution in [2.75, 3.05) is 26.3 Å². The van der Waals surface area contributed by atoms with Crippen molar-refractivity contribution in [1.82, 2.24) is 9.29 Å². The van der Waals surface area contributed by atoms with Crippen LogP contribution in [-0.2, 0) is 10.2 Å². The molecular weight excluding hydrogens is 413 g/mol. The fraction of sp³-hybridized carbons (Fsp3) is 0.667. The van der Waals surface area contributed by atoms with Crippen molar-refractivity contribution in [2.24, 2.45) is 16.5 Å². The first-order chi connectivity index (χ1) is 12.9. The largest absolute Gasteiger partial charge is 0.493 e. The van der Waals surface area contributed by atoms with Gasteiger partial charge in [-0.2, -0.15) is 25.9 Å². The molecule has 1 saturated heterocycles. The molecule has 13 heteroatoms. The molecule has 3 rings (SSSR count). The highest BCUT2D eigenvalue weighted by Crippen LogP contribution is 2.70. The lowest BCUT2D eigenvalue weighted by molar-refractivity contribution is -0.154. The van der Waals surface area contributed by atoms with E-state index >= 15 is 0 Å². The van der Waals surface area contributed by atoms with Crippen molar-refractivity contribution in [3.05, 3.63) is 18.3 Å². The summed E-state index contributed by atoms with van der Waals surface area (Å²) in [5.74, 6) is -4.45. The maximum Gasteiger partial charge on any atom is 0.422 e. The Morgan fingerprint density at radius 3 is 2.46 bits per heavy atom. The summed E-state index contributed by atoms with van der Waals surface area (Å²) in [5.41, 5.74) is -1.36. The van der Waals surface area contributed by atoms with Crippen LogP contribution in [0.25, 0.3) is 0 Å². The van der Waals surface area contributed by atoms with Gasteiger partial charge in [0, 0.05) is 30.8 Å². The summed E-state index contributed by atoms with van der Waals surface area (Å²) in [4.78, 5) is 3.60. The van der Waals surface area contributed by atoms with E-state index in [1.54, 1.807) is 0 Å². The minimum Gasteiger partial charge on any atom is -0.493 e. The van der Waals surface area contributed by atoms with E-state index in [0.29, 0.717) is 0 Å². The highest BCUT2D eigenvalue weighted by atomic mass is 32.2. The zero-order chi connectivity index (χ0) is 20.8. The second-order valence-corrected chi connectivity index (χ2v) is 8.37.